The molecule has 9 nitrogen and oxygen atoms in total. The van der Waals surface area contributed by atoms with Crippen molar-refractivity contribution in [3.63, 3.8) is 0 Å². The number of pyridine rings is 1. The van der Waals surface area contributed by atoms with Gasteiger partial charge in [0, 0.05) is 42.5 Å². The molecule has 5 rings (SSSR count). The third-order valence-electron chi connectivity index (χ3n) is 6.02. The SMILES string of the molecule is CCn1cc(C(=O)NCC(=O)NCCc2c[nH]c3ccc(F)cc23)c(=O)c2cc3c(cc21)OCO3. The van der Waals surface area contributed by atoms with Crippen molar-refractivity contribution in [1.29, 1.82) is 0 Å². The van der Waals surface area contributed by atoms with Crippen LogP contribution in [-0.2, 0) is 17.8 Å². The number of H-pyrrole nitrogens is 1. The number of aromatic amines is 1. The number of ether oxygens (including phenoxy) is 2. The predicted octanol–water partition coefficient (Wildman–Crippen LogP) is 2.46. The Labute approximate surface area is 198 Å². The minimum absolute atomic E-state index is 0.0631. The molecule has 0 saturated heterocycles. The molecule has 2 aromatic carbocycles. The zero-order chi connectivity index (χ0) is 24.5. The van der Waals surface area contributed by atoms with Gasteiger partial charge in [-0.3, -0.25) is 14.4 Å². The topological polar surface area (TPSA) is 114 Å². The number of aromatic nitrogens is 2. The van der Waals surface area contributed by atoms with Gasteiger partial charge in [0.1, 0.15) is 11.4 Å². The summed E-state index contributed by atoms with van der Waals surface area (Å²) in [5.74, 6) is -0.368. The van der Waals surface area contributed by atoms with E-state index < -0.39 is 17.2 Å². The van der Waals surface area contributed by atoms with E-state index in [9.17, 15) is 18.8 Å². The highest BCUT2D eigenvalue weighted by Gasteiger charge is 2.21. The van der Waals surface area contributed by atoms with Crippen molar-refractivity contribution in [2.75, 3.05) is 19.9 Å². The third kappa shape index (κ3) is 4.30. The van der Waals surface area contributed by atoms with Crippen LogP contribution in [0.15, 0.2) is 47.5 Å². The van der Waals surface area contributed by atoms with Gasteiger partial charge in [-0.1, -0.05) is 0 Å². The minimum atomic E-state index is -0.640. The van der Waals surface area contributed by atoms with E-state index in [0.717, 1.165) is 16.5 Å². The molecule has 0 radical (unpaired) electrons. The minimum Gasteiger partial charge on any atom is -0.454 e. The number of carbonyl (C=O) groups is 2. The van der Waals surface area contributed by atoms with E-state index in [1.54, 1.807) is 29.0 Å². The molecule has 35 heavy (non-hydrogen) atoms. The lowest BCUT2D eigenvalue weighted by molar-refractivity contribution is -0.120. The molecule has 0 aliphatic carbocycles. The van der Waals surface area contributed by atoms with E-state index in [1.807, 2.05) is 6.92 Å². The number of nitrogens with one attached hydrogen (secondary N) is 3. The largest absolute Gasteiger partial charge is 0.454 e. The Kier molecular flexibility index (Phi) is 5.86. The lowest BCUT2D eigenvalue weighted by Crippen LogP contribution is -2.39. The molecule has 0 spiro atoms. The van der Waals surface area contributed by atoms with Gasteiger partial charge in [0.15, 0.2) is 11.5 Å². The molecule has 3 N–H and O–H groups in total. The second kappa shape index (κ2) is 9.13. The van der Waals surface area contributed by atoms with Crippen LogP contribution in [0.1, 0.15) is 22.8 Å². The summed E-state index contributed by atoms with van der Waals surface area (Å²) < 4.78 is 26.1. The first kappa shape index (κ1) is 22.5. The van der Waals surface area contributed by atoms with Gasteiger partial charge in [-0.25, -0.2) is 4.39 Å². The summed E-state index contributed by atoms with van der Waals surface area (Å²) in [6.45, 7) is 2.52. The molecule has 2 amide bonds. The van der Waals surface area contributed by atoms with Gasteiger partial charge < -0.3 is 29.7 Å². The van der Waals surface area contributed by atoms with Gasteiger partial charge in [0.25, 0.3) is 5.91 Å². The first-order valence-electron chi connectivity index (χ1n) is 11.2. The third-order valence-corrected chi connectivity index (χ3v) is 6.02. The number of rotatable bonds is 7. The average molecular weight is 478 g/mol. The summed E-state index contributed by atoms with van der Waals surface area (Å²) in [4.78, 5) is 41.1. The van der Waals surface area contributed by atoms with Crippen molar-refractivity contribution >= 4 is 33.6 Å². The van der Waals surface area contributed by atoms with Gasteiger partial charge in [-0.15, -0.1) is 0 Å². The monoisotopic (exact) mass is 478 g/mol. The molecule has 0 bridgehead atoms. The number of fused-ring (bicyclic) bond motifs is 3. The first-order chi connectivity index (χ1) is 16.9. The molecule has 4 aromatic rings. The quantitative estimate of drug-likeness (QED) is 0.378. The van der Waals surface area contributed by atoms with E-state index in [0.29, 0.717) is 41.9 Å². The number of benzene rings is 2. The normalized spacial score (nSPS) is 12.3. The van der Waals surface area contributed by atoms with Crippen molar-refractivity contribution < 1.29 is 23.5 Å². The molecule has 2 aromatic heterocycles. The summed E-state index contributed by atoms with van der Waals surface area (Å²) in [5, 5.41) is 6.34. The van der Waals surface area contributed by atoms with Crippen LogP contribution in [0.5, 0.6) is 11.5 Å². The van der Waals surface area contributed by atoms with Crippen LogP contribution in [0, 0.1) is 5.82 Å². The molecular formula is C25H23FN4O5. The van der Waals surface area contributed by atoms with E-state index in [4.69, 9.17) is 9.47 Å². The van der Waals surface area contributed by atoms with Crippen LogP contribution in [0.25, 0.3) is 21.8 Å². The lowest BCUT2D eigenvalue weighted by atomic mass is 10.1. The molecule has 1 aliphatic rings. The van der Waals surface area contributed by atoms with Gasteiger partial charge in [0.2, 0.25) is 18.1 Å². The molecule has 0 unspecified atom stereocenters. The van der Waals surface area contributed by atoms with Crippen molar-refractivity contribution in [1.82, 2.24) is 20.2 Å². The van der Waals surface area contributed by atoms with Crippen molar-refractivity contribution in [3.8, 4) is 11.5 Å². The fraction of sp³-hybridized carbons (Fsp3) is 0.240. The van der Waals surface area contributed by atoms with E-state index in [2.05, 4.69) is 15.6 Å². The highest BCUT2D eigenvalue weighted by molar-refractivity contribution is 5.99. The maximum absolute atomic E-state index is 13.5. The Bertz CT molecular complexity index is 1520. The smallest absolute Gasteiger partial charge is 0.257 e. The molecule has 0 atom stereocenters. The predicted molar refractivity (Wildman–Crippen MR) is 127 cm³/mol. The Morgan fingerprint density at radius 3 is 2.71 bits per heavy atom. The second-order valence-corrected chi connectivity index (χ2v) is 8.17. The van der Waals surface area contributed by atoms with E-state index in [1.165, 1.54) is 18.3 Å². The fourth-order valence-corrected chi connectivity index (χ4v) is 4.22. The first-order valence-corrected chi connectivity index (χ1v) is 11.2. The number of aryl methyl sites for hydroxylation is 1. The summed E-state index contributed by atoms with van der Waals surface area (Å²) in [7, 11) is 0. The van der Waals surface area contributed by atoms with Crippen LogP contribution in [0.3, 0.4) is 0 Å². The van der Waals surface area contributed by atoms with Crippen molar-refractivity contribution in [2.45, 2.75) is 19.9 Å². The van der Waals surface area contributed by atoms with Crippen molar-refractivity contribution in [2.24, 2.45) is 0 Å². The van der Waals surface area contributed by atoms with Crippen LogP contribution < -0.4 is 25.5 Å². The van der Waals surface area contributed by atoms with Gasteiger partial charge in [-0.2, -0.15) is 0 Å². The van der Waals surface area contributed by atoms with E-state index in [-0.39, 0.29) is 24.7 Å². The zero-order valence-corrected chi connectivity index (χ0v) is 18.9. The number of carbonyl (C=O) groups excluding carboxylic acids is 2. The van der Waals surface area contributed by atoms with Gasteiger partial charge >= 0.3 is 0 Å². The Morgan fingerprint density at radius 2 is 1.91 bits per heavy atom. The van der Waals surface area contributed by atoms with Gasteiger partial charge in [-0.05, 0) is 43.2 Å². The van der Waals surface area contributed by atoms with Crippen LogP contribution >= 0.6 is 0 Å². The average Bonchev–Trinajstić information content (AvgIpc) is 3.48. The summed E-state index contributed by atoms with van der Waals surface area (Å²) in [5.41, 5.74) is 1.81. The number of hydrogen-bond donors (Lipinski definition) is 3. The number of nitrogens with zero attached hydrogens (tertiary/aromatic N) is 1. The second-order valence-electron chi connectivity index (χ2n) is 8.17. The van der Waals surface area contributed by atoms with E-state index >= 15 is 0 Å². The molecule has 0 saturated carbocycles. The van der Waals surface area contributed by atoms with Crippen LogP contribution in [0.2, 0.25) is 0 Å². The zero-order valence-electron chi connectivity index (χ0n) is 18.9. The molecule has 3 heterocycles. The molecule has 180 valence electrons. The number of amides is 2. The highest BCUT2D eigenvalue weighted by Crippen LogP contribution is 2.35. The number of hydrogen-bond acceptors (Lipinski definition) is 5. The van der Waals surface area contributed by atoms with Crippen LogP contribution in [-0.4, -0.2) is 41.2 Å². The summed E-state index contributed by atoms with van der Waals surface area (Å²) in [6.07, 6.45) is 3.75. The molecule has 0 fully saturated rings. The lowest BCUT2D eigenvalue weighted by Gasteiger charge is -2.12. The van der Waals surface area contributed by atoms with Gasteiger partial charge in [0.05, 0.1) is 17.4 Å². The Hall–Kier alpha value is -4.34. The Balaban J connectivity index is 1.23. The standard InChI is InChI=1S/C25H23FN4O5/c1-2-30-12-18(24(32)17-8-21-22(9-20(17)30)35-13-34-21)25(33)29-11-23(31)27-6-5-14-10-28-19-4-3-15(26)7-16(14)19/h3-4,7-10,12,28H,2,5-6,11,13H2,1H3,(H,27,31)(H,29,33). The summed E-state index contributed by atoms with van der Waals surface area (Å²) in [6, 6.07) is 7.79. The summed E-state index contributed by atoms with van der Waals surface area (Å²) >= 11 is 0. The number of halogens is 1. The maximum Gasteiger partial charge on any atom is 0.257 e. The molecule has 10 heteroatoms. The van der Waals surface area contributed by atoms with Crippen molar-refractivity contribution in [3.05, 3.63) is 69.9 Å². The van der Waals surface area contributed by atoms with Crippen LogP contribution in [0.4, 0.5) is 4.39 Å². The molecular weight excluding hydrogens is 455 g/mol. The fourth-order valence-electron chi connectivity index (χ4n) is 4.22. The molecule has 1 aliphatic heterocycles. The Morgan fingerprint density at radius 1 is 1.11 bits per heavy atom. The highest BCUT2D eigenvalue weighted by atomic mass is 19.1. The maximum atomic E-state index is 13.5.